The van der Waals surface area contributed by atoms with E-state index in [1.165, 1.54) is 12.1 Å². The number of oxime groups is 1. The van der Waals surface area contributed by atoms with Gasteiger partial charge in [-0.3, -0.25) is 0 Å². The van der Waals surface area contributed by atoms with Crippen LogP contribution in [-0.4, -0.2) is 31.7 Å². The highest BCUT2D eigenvalue weighted by Crippen LogP contribution is 2.38. The smallest absolute Gasteiger partial charge is 0.335 e. The van der Waals surface area contributed by atoms with Gasteiger partial charge in [-0.15, -0.1) is 0 Å². The zero-order chi connectivity index (χ0) is 30.8. The molecule has 224 valence electrons. The van der Waals surface area contributed by atoms with Gasteiger partial charge in [0.15, 0.2) is 5.84 Å². The van der Waals surface area contributed by atoms with Crippen LogP contribution in [0.15, 0.2) is 84.0 Å². The maximum absolute atomic E-state index is 15.8. The second-order valence-electron chi connectivity index (χ2n) is 10.9. The third-order valence-corrected chi connectivity index (χ3v) is 8.37. The van der Waals surface area contributed by atoms with E-state index in [0.29, 0.717) is 33.2 Å². The molecule has 0 unspecified atom stereocenters. The van der Waals surface area contributed by atoms with Crippen LogP contribution in [0.2, 0.25) is 5.02 Å². The Hall–Kier alpha value is -4.89. The zero-order valence-corrected chi connectivity index (χ0v) is 24.5. The number of aromatic nitrogens is 2. The van der Waals surface area contributed by atoms with Crippen molar-refractivity contribution in [1.82, 2.24) is 9.55 Å². The molecule has 4 N–H and O–H groups in total. The maximum atomic E-state index is 15.8. The number of hydrogen-bond acceptors (Lipinski definition) is 5. The van der Waals surface area contributed by atoms with E-state index in [1.807, 2.05) is 18.2 Å². The van der Waals surface area contributed by atoms with Crippen molar-refractivity contribution in [1.29, 1.82) is 0 Å². The number of halogens is 2. The quantitative estimate of drug-likeness (QED) is 0.0705. The van der Waals surface area contributed by atoms with Gasteiger partial charge in [0, 0.05) is 22.7 Å². The van der Waals surface area contributed by atoms with Crippen molar-refractivity contribution in [3.05, 3.63) is 106 Å². The molecule has 6 rings (SSSR count). The summed E-state index contributed by atoms with van der Waals surface area (Å²) in [5.41, 5.74) is 10.6. The fourth-order valence-corrected chi connectivity index (χ4v) is 6.03. The lowest BCUT2D eigenvalue weighted by molar-refractivity contribution is 0.0697. The van der Waals surface area contributed by atoms with Gasteiger partial charge in [-0.1, -0.05) is 60.3 Å². The molecule has 1 aromatic heterocycles. The minimum absolute atomic E-state index is 0.0411. The number of ether oxygens (including phenoxy) is 1. The molecule has 1 aliphatic rings. The Morgan fingerprint density at radius 3 is 2.41 bits per heavy atom. The Morgan fingerprint density at radius 1 is 0.977 bits per heavy atom. The number of nitrogens with two attached hydrogens (primary N) is 1. The number of imidazole rings is 1. The predicted molar refractivity (Wildman–Crippen MR) is 168 cm³/mol. The second kappa shape index (κ2) is 12.4. The van der Waals surface area contributed by atoms with Crippen LogP contribution in [0.4, 0.5) is 4.39 Å². The molecule has 0 spiro atoms. The molecule has 0 bridgehead atoms. The highest BCUT2D eigenvalue weighted by molar-refractivity contribution is 6.30. The minimum Gasteiger partial charge on any atom is -0.489 e. The van der Waals surface area contributed by atoms with E-state index in [1.54, 1.807) is 48.5 Å². The van der Waals surface area contributed by atoms with Gasteiger partial charge in [0.25, 0.3) is 0 Å². The number of rotatable bonds is 8. The van der Waals surface area contributed by atoms with Crippen LogP contribution in [0.3, 0.4) is 0 Å². The molecule has 1 fully saturated rings. The lowest BCUT2D eigenvalue weighted by Gasteiger charge is -2.25. The van der Waals surface area contributed by atoms with Crippen molar-refractivity contribution in [3.8, 4) is 28.3 Å². The average Bonchev–Trinajstić information content (AvgIpc) is 3.42. The van der Waals surface area contributed by atoms with Crippen molar-refractivity contribution < 1.29 is 24.2 Å². The summed E-state index contributed by atoms with van der Waals surface area (Å²) in [5, 5.41) is 22.4. The first-order chi connectivity index (χ1) is 21.3. The van der Waals surface area contributed by atoms with Gasteiger partial charge in [-0.05, 0) is 78.1 Å². The Balaban J connectivity index is 1.33. The van der Waals surface area contributed by atoms with Gasteiger partial charge in [0.2, 0.25) is 0 Å². The SMILES string of the molecule is N/C(=N\O)c1ccc(-c2ccc(Cl)cc2)c(COc2ccc(-c3nc4cc(C(=O)O)ccc4n3C3CCCCC3)c(F)c2)c1. The van der Waals surface area contributed by atoms with E-state index in [9.17, 15) is 15.1 Å². The van der Waals surface area contributed by atoms with Crippen LogP contribution in [0.25, 0.3) is 33.5 Å². The van der Waals surface area contributed by atoms with Crippen LogP contribution in [0.1, 0.15) is 59.6 Å². The van der Waals surface area contributed by atoms with Crippen molar-refractivity contribution in [2.24, 2.45) is 10.9 Å². The third kappa shape index (κ3) is 5.83. The fourth-order valence-electron chi connectivity index (χ4n) is 5.90. The number of amidine groups is 1. The lowest BCUT2D eigenvalue weighted by atomic mass is 9.94. The van der Waals surface area contributed by atoms with E-state index in [2.05, 4.69) is 9.72 Å². The first-order valence-corrected chi connectivity index (χ1v) is 14.7. The highest BCUT2D eigenvalue weighted by atomic mass is 35.5. The van der Waals surface area contributed by atoms with Gasteiger partial charge in [0.1, 0.15) is 24.0 Å². The zero-order valence-electron chi connectivity index (χ0n) is 23.7. The molecule has 5 aromatic rings. The van der Waals surface area contributed by atoms with Gasteiger partial charge >= 0.3 is 5.97 Å². The fraction of sp³-hybridized carbons (Fsp3) is 0.206. The molecule has 0 amide bonds. The summed E-state index contributed by atoms with van der Waals surface area (Å²) in [4.78, 5) is 16.3. The molecule has 8 nitrogen and oxygen atoms in total. The summed E-state index contributed by atoms with van der Waals surface area (Å²) in [5.74, 6) is -0.798. The second-order valence-corrected chi connectivity index (χ2v) is 11.3. The van der Waals surface area contributed by atoms with Crippen molar-refractivity contribution in [3.63, 3.8) is 0 Å². The Labute approximate surface area is 258 Å². The number of nitrogens with zero attached hydrogens (tertiary/aromatic N) is 3. The van der Waals surface area contributed by atoms with E-state index >= 15 is 4.39 Å². The molecular weight excluding hydrogens is 583 g/mol. The number of carboxylic acids is 1. The van der Waals surface area contributed by atoms with Crippen molar-refractivity contribution >= 4 is 34.4 Å². The van der Waals surface area contributed by atoms with Crippen LogP contribution in [0.5, 0.6) is 5.75 Å². The third-order valence-electron chi connectivity index (χ3n) is 8.12. The monoisotopic (exact) mass is 612 g/mol. The van der Waals surface area contributed by atoms with E-state index < -0.39 is 11.8 Å². The van der Waals surface area contributed by atoms with Gasteiger partial charge < -0.3 is 25.4 Å². The summed E-state index contributed by atoms with van der Waals surface area (Å²) < 4.78 is 24.0. The number of carboxylic acid groups (broad SMARTS) is 1. The molecule has 0 radical (unpaired) electrons. The predicted octanol–water partition coefficient (Wildman–Crippen LogP) is 8.04. The molecule has 1 heterocycles. The summed E-state index contributed by atoms with van der Waals surface area (Å²) in [7, 11) is 0. The van der Waals surface area contributed by atoms with Gasteiger partial charge in [0.05, 0.1) is 22.2 Å². The standard InChI is InChI=1S/C34H30ClFN4O4/c35-24-10-6-20(7-11-24)27-13-8-21(32(37)39-43)16-23(27)19-44-26-12-14-28(29(36)18-26)33-38-30-17-22(34(41)42)9-15-31(30)40(33)25-4-2-1-3-5-25/h6-18,25,43H,1-5,19H2,(H2,37,39)(H,41,42). The van der Waals surface area contributed by atoms with Crippen molar-refractivity contribution in [2.75, 3.05) is 0 Å². The number of benzene rings is 4. The molecule has 0 aliphatic heterocycles. The van der Waals surface area contributed by atoms with Crippen LogP contribution in [0, 0.1) is 5.82 Å². The summed E-state index contributed by atoms with van der Waals surface area (Å²) in [6.45, 7) is 0.0852. The number of aromatic carboxylic acids is 1. The largest absolute Gasteiger partial charge is 0.489 e. The molecule has 1 saturated carbocycles. The molecule has 0 saturated heterocycles. The molecule has 10 heteroatoms. The minimum atomic E-state index is -1.04. The van der Waals surface area contributed by atoms with E-state index in [-0.39, 0.29) is 24.0 Å². The molecule has 44 heavy (non-hydrogen) atoms. The molecule has 4 aromatic carbocycles. The number of fused-ring (bicyclic) bond motifs is 1. The normalized spacial score (nSPS) is 14.2. The average molecular weight is 613 g/mol. The summed E-state index contributed by atoms with van der Waals surface area (Å²) >= 11 is 6.08. The summed E-state index contributed by atoms with van der Waals surface area (Å²) in [6, 6.07) is 22.4. The maximum Gasteiger partial charge on any atom is 0.335 e. The van der Waals surface area contributed by atoms with Crippen LogP contribution in [-0.2, 0) is 6.61 Å². The first kappa shape index (κ1) is 29.2. The molecule has 0 atom stereocenters. The molecule has 1 aliphatic carbocycles. The van der Waals surface area contributed by atoms with Crippen LogP contribution >= 0.6 is 11.6 Å². The van der Waals surface area contributed by atoms with Gasteiger partial charge in [-0.25, -0.2) is 14.2 Å². The van der Waals surface area contributed by atoms with Crippen LogP contribution < -0.4 is 10.5 Å². The van der Waals surface area contributed by atoms with E-state index in [4.69, 9.17) is 27.1 Å². The lowest BCUT2D eigenvalue weighted by Crippen LogP contribution is -2.14. The Morgan fingerprint density at radius 2 is 1.70 bits per heavy atom. The Bertz CT molecular complexity index is 1880. The van der Waals surface area contributed by atoms with E-state index in [0.717, 1.165) is 54.3 Å². The van der Waals surface area contributed by atoms with Gasteiger partial charge in [-0.2, -0.15) is 0 Å². The highest BCUT2D eigenvalue weighted by Gasteiger charge is 2.24. The summed E-state index contributed by atoms with van der Waals surface area (Å²) in [6.07, 6.45) is 5.19. The topological polar surface area (TPSA) is 123 Å². The number of hydrogen-bond donors (Lipinski definition) is 3. The number of carbonyl (C=O) groups is 1. The van der Waals surface area contributed by atoms with Crippen molar-refractivity contribution in [2.45, 2.75) is 44.8 Å². The Kier molecular flexibility index (Phi) is 8.21. The molecular formula is C34H30ClFN4O4. The first-order valence-electron chi connectivity index (χ1n) is 14.4.